The first kappa shape index (κ1) is 72.2. The van der Waals surface area contributed by atoms with Gasteiger partial charge in [0.2, 0.25) is 47.3 Å². The maximum absolute atomic E-state index is 14.7. The normalized spacial score (nSPS) is 22.0. The highest BCUT2D eigenvalue weighted by molar-refractivity contribution is 5.96. The second-order valence-corrected chi connectivity index (χ2v) is 25.0. The number of amides is 8. The third-order valence-corrected chi connectivity index (χ3v) is 18.6. The number of rotatable bonds is 38. The van der Waals surface area contributed by atoms with Crippen LogP contribution in [0.1, 0.15) is 126 Å². The van der Waals surface area contributed by atoms with Crippen LogP contribution >= 0.6 is 0 Å². The number of nitrogens with one attached hydrogen (secondary N) is 9. The van der Waals surface area contributed by atoms with Crippen LogP contribution in [0.25, 0.3) is 0 Å². The number of carbonyl (C=O) groups excluding carboxylic acids is 8. The monoisotopic (exact) mass is 1300 g/mol. The minimum Gasteiger partial charge on any atom is -0.379 e. The lowest BCUT2D eigenvalue weighted by Gasteiger charge is -2.33. The van der Waals surface area contributed by atoms with E-state index in [1.54, 1.807) is 47.6 Å². The van der Waals surface area contributed by atoms with E-state index >= 15 is 0 Å². The number of carbonyl (C=O) groups is 8. The van der Waals surface area contributed by atoms with Gasteiger partial charge in [0.15, 0.2) is 0 Å². The summed E-state index contributed by atoms with van der Waals surface area (Å²) in [6, 6.07) is 23.2. The zero-order chi connectivity index (χ0) is 66.6. The van der Waals surface area contributed by atoms with Crippen molar-refractivity contribution in [3.8, 4) is 0 Å². The van der Waals surface area contributed by atoms with Gasteiger partial charge < -0.3 is 71.9 Å². The number of hydrogen-bond donors (Lipinski definition) is 9. The van der Waals surface area contributed by atoms with Crippen LogP contribution in [0, 0.1) is 11.8 Å². The molecular formula is C69H100N14O11. The summed E-state index contributed by atoms with van der Waals surface area (Å²) in [6.07, 6.45) is 9.67. The molecule has 1 aromatic heterocycles. The molecule has 3 aromatic carbocycles. The fraction of sp³-hybridized carbons (Fsp3) is 0.594. The summed E-state index contributed by atoms with van der Waals surface area (Å²) in [6.45, 7) is 8.71. The smallest absolute Gasteiger partial charge is 0.247 e. The minimum atomic E-state index is -1.00. The van der Waals surface area contributed by atoms with Crippen LogP contribution in [-0.4, -0.2) is 194 Å². The lowest BCUT2D eigenvalue weighted by Crippen LogP contribution is -2.59. The van der Waals surface area contributed by atoms with Crippen LogP contribution in [-0.2, 0) is 78.6 Å². The largest absolute Gasteiger partial charge is 0.379 e. The van der Waals surface area contributed by atoms with E-state index in [1.807, 2.05) is 79.9 Å². The Morgan fingerprint density at radius 2 is 1.16 bits per heavy atom. The highest BCUT2D eigenvalue weighted by Crippen LogP contribution is 2.37. The molecule has 9 N–H and O–H groups in total. The van der Waals surface area contributed by atoms with Crippen LogP contribution < -0.4 is 47.9 Å². The van der Waals surface area contributed by atoms with E-state index in [-0.39, 0.29) is 78.2 Å². The number of fused-ring (bicyclic) bond motifs is 2. The SMILES string of the molecule is CC[C@H](NC)C(=O)N[C@@H]1C(=O)N2[C@@H](CC[C@@H]1CNC(=O)CCc1cn(CCCOCCOCCOCCCNC(=O)[C@@H](NC(=O)[C@@H]3CC[C@@H]4CC[C@H](CCNCc5ccccc5)[C@H](NC(=O)[C@H](C)NC)C(=O)N43)c3ccccc3)nn1)CC[C@H]2C(=O)NCc1ccccc1. The fourth-order valence-corrected chi connectivity index (χ4v) is 13.2. The van der Waals surface area contributed by atoms with Crippen LogP contribution in [0.15, 0.2) is 97.2 Å². The molecule has 0 aliphatic carbocycles. The summed E-state index contributed by atoms with van der Waals surface area (Å²) in [7, 11) is 3.40. The van der Waals surface area contributed by atoms with Gasteiger partial charge in [-0.2, -0.15) is 0 Å². The van der Waals surface area contributed by atoms with Gasteiger partial charge >= 0.3 is 0 Å². The Bertz CT molecular complexity index is 3030. The van der Waals surface area contributed by atoms with Crippen molar-refractivity contribution >= 4 is 47.3 Å². The summed E-state index contributed by atoms with van der Waals surface area (Å²) in [5.74, 6) is -2.89. The van der Waals surface area contributed by atoms with Crippen molar-refractivity contribution in [3.63, 3.8) is 0 Å². The van der Waals surface area contributed by atoms with E-state index in [0.29, 0.717) is 167 Å². The first-order valence-corrected chi connectivity index (χ1v) is 33.9. The number of aromatic nitrogens is 3. The van der Waals surface area contributed by atoms with Crippen molar-refractivity contribution < 1.29 is 52.6 Å². The molecule has 0 bridgehead atoms. The summed E-state index contributed by atoms with van der Waals surface area (Å²) in [5, 5.41) is 36.0. The Labute approximate surface area is 552 Å². The van der Waals surface area contributed by atoms with Gasteiger partial charge in [0, 0.05) is 83.0 Å². The van der Waals surface area contributed by atoms with Gasteiger partial charge in [-0.25, -0.2) is 0 Å². The lowest BCUT2D eigenvalue weighted by molar-refractivity contribution is -0.144. The molecule has 4 aliphatic rings. The molecule has 25 heteroatoms. The number of ether oxygens (including phenoxy) is 3. The van der Waals surface area contributed by atoms with Crippen LogP contribution in [0.4, 0.5) is 0 Å². The van der Waals surface area contributed by atoms with Gasteiger partial charge in [-0.1, -0.05) is 103 Å². The highest BCUT2D eigenvalue weighted by atomic mass is 16.5. The van der Waals surface area contributed by atoms with Crippen molar-refractivity contribution in [3.05, 3.63) is 120 Å². The molecule has 8 rings (SSSR count). The van der Waals surface area contributed by atoms with Gasteiger partial charge in [0.05, 0.1) is 44.2 Å². The van der Waals surface area contributed by atoms with E-state index in [4.69, 9.17) is 14.2 Å². The van der Waals surface area contributed by atoms with E-state index in [0.717, 1.165) is 11.1 Å². The molecule has 8 amide bonds. The number of nitrogens with zero attached hydrogens (tertiary/aromatic N) is 5. The Kier molecular flexibility index (Phi) is 29.2. The predicted molar refractivity (Wildman–Crippen MR) is 353 cm³/mol. The molecule has 0 saturated carbocycles. The van der Waals surface area contributed by atoms with E-state index in [2.05, 4.69) is 70.3 Å². The molecule has 11 atom stereocenters. The molecule has 4 saturated heterocycles. The molecule has 4 aromatic rings. The average Bonchev–Trinajstić information content (AvgIpc) is 1.64. The first-order chi connectivity index (χ1) is 45.8. The molecule has 0 unspecified atom stereocenters. The molecular weight excluding hydrogens is 1200 g/mol. The molecule has 25 nitrogen and oxygen atoms in total. The van der Waals surface area contributed by atoms with Crippen molar-refractivity contribution in [1.82, 2.24) is 72.6 Å². The Morgan fingerprint density at radius 3 is 1.79 bits per heavy atom. The summed E-state index contributed by atoms with van der Waals surface area (Å²) >= 11 is 0. The highest BCUT2D eigenvalue weighted by Gasteiger charge is 2.50. The standard InChI is InChI=1S/C69H100N14O11/c1-5-56(71-4)64(86)78-62-52(24-27-55-28-30-57(82(55)69(62)91)65(87)75-44-49-19-11-7-12-20-49)45-74-59(84)32-25-53-46-81(80-79-53)36-16-38-93-40-42-94-41-39-92-37-15-34-73-67(89)60(50-21-13-8-14-22-50)76-66(88)58-31-29-54-26-23-51(33-35-72-43-48-17-9-6-10-18-48)61(68(90)83(54)58)77-63(85)47(2)70-3/h6-14,17-22,46-47,51-52,54-58,60-62,70-72H,5,15-16,23-45H2,1-4H3,(H,73,89)(H,74,84)(H,75,87)(H,76,88)(H,77,85)(H,78,86)/t47-,51+,52+,54-,55-,56-,57-,58-,60-,61-,62-/m0/s1. The number of hydrogen-bond acceptors (Lipinski definition) is 16. The lowest BCUT2D eigenvalue weighted by atomic mass is 9.90. The van der Waals surface area contributed by atoms with Gasteiger partial charge in [-0.3, -0.25) is 43.0 Å². The average molecular weight is 1300 g/mol. The van der Waals surface area contributed by atoms with Gasteiger partial charge in [-0.05, 0) is 127 Å². The van der Waals surface area contributed by atoms with E-state index in [9.17, 15) is 38.4 Å². The topological polar surface area (TPSA) is 310 Å². The first-order valence-electron chi connectivity index (χ1n) is 33.9. The molecule has 512 valence electrons. The van der Waals surface area contributed by atoms with E-state index in [1.165, 1.54) is 0 Å². The predicted octanol–water partition coefficient (Wildman–Crippen LogP) is 2.74. The quantitative estimate of drug-likeness (QED) is 0.0292. The Morgan fingerprint density at radius 1 is 0.596 bits per heavy atom. The number of aryl methyl sites for hydroxylation is 2. The fourth-order valence-electron chi connectivity index (χ4n) is 13.2. The molecule has 4 aliphatic heterocycles. The maximum atomic E-state index is 14.7. The van der Waals surface area contributed by atoms with Crippen molar-refractivity contribution in [1.29, 1.82) is 0 Å². The van der Waals surface area contributed by atoms with Crippen molar-refractivity contribution in [2.75, 3.05) is 73.4 Å². The molecule has 5 heterocycles. The zero-order valence-corrected chi connectivity index (χ0v) is 55.2. The van der Waals surface area contributed by atoms with Crippen molar-refractivity contribution in [2.45, 2.75) is 178 Å². The zero-order valence-electron chi connectivity index (χ0n) is 55.2. The summed E-state index contributed by atoms with van der Waals surface area (Å²) < 4.78 is 19.0. The number of likely N-dealkylation sites (N-methyl/N-ethyl adjacent to an activating group) is 2. The van der Waals surface area contributed by atoms with Crippen LogP contribution in [0.5, 0.6) is 0 Å². The third-order valence-electron chi connectivity index (χ3n) is 18.6. The molecule has 94 heavy (non-hydrogen) atoms. The maximum Gasteiger partial charge on any atom is 0.247 e. The molecule has 0 spiro atoms. The van der Waals surface area contributed by atoms with Crippen LogP contribution in [0.3, 0.4) is 0 Å². The Hall–Kier alpha value is -7.68. The van der Waals surface area contributed by atoms with Crippen molar-refractivity contribution in [2.24, 2.45) is 11.8 Å². The second kappa shape index (κ2) is 38.0. The number of benzene rings is 3. The molecule has 4 fully saturated rings. The third kappa shape index (κ3) is 21.2. The van der Waals surface area contributed by atoms with E-state index < -0.39 is 48.2 Å². The van der Waals surface area contributed by atoms with Gasteiger partial charge in [0.25, 0.3) is 0 Å². The van der Waals surface area contributed by atoms with Gasteiger partial charge in [-0.15, -0.1) is 5.10 Å². The Balaban J connectivity index is 0.686. The summed E-state index contributed by atoms with van der Waals surface area (Å²) in [4.78, 5) is 114. The molecule has 0 radical (unpaired) electrons. The summed E-state index contributed by atoms with van der Waals surface area (Å²) in [5.41, 5.74) is 3.39. The van der Waals surface area contributed by atoms with Crippen LogP contribution in [0.2, 0.25) is 0 Å². The second-order valence-electron chi connectivity index (χ2n) is 25.0. The minimum absolute atomic E-state index is 0.140. The van der Waals surface area contributed by atoms with Gasteiger partial charge in [0.1, 0.15) is 30.2 Å².